The van der Waals surface area contributed by atoms with Crippen LogP contribution in [-0.4, -0.2) is 32.4 Å². The molecule has 0 saturated heterocycles. The zero-order valence-electron chi connectivity index (χ0n) is 12.0. The molecule has 1 atom stereocenters. The number of amides is 1. The number of halogens is 1. The second kappa shape index (κ2) is 4.74. The Morgan fingerprint density at radius 3 is 2.50 bits per heavy atom. The van der Waals surface area contributed by atoms with Crippen molar-refractivity contribution >= 4 is 33.0 Å². The van der Waals surface area contributed by atoms with E-state index in [4.69, 9.17) is 11.6 Å². The highest BCUT2D eigenvalue weighted by atomic mass is 35.5. The first-order valence-corrected chi connectivity index (χ1v) is 8.61. The SMILES string of the molecule is CN1C(=O)Cc2cc(C(Cl)C(C)(C)S(C)(=O)=O)ccc21. The van der Waals surface area contributed by atoms with E-state index in [2.05, 4.69) is 0 Å². The smallest absolute Gasteiger partial charge is 0.231 e. The lowest BCUT2D eigenvalue weighted by Crippen LogP contribution is -2.35. The van der Waals surface area contributed by atoms with Gasteiger partial charge in [0, 0.05) is 19.0 Å². The number of benzene rings is 1. The Kier molecular flexibility index (Phi) is 3.63. The molecule has 0 N–H and O–H groups in total. The fourth-order valence-corrected chi connectivity index (χ4v) is 3.37. The lowest BCUT2D eigenvalue weighted by atomic mass is 9.98. The third-order valence-corrected chi connectivity index (χ3v) is 7.11. The molecule has 1 aliphatic rings. The van der Waals surface area contributed by atoms with Crippen LogP contribution in [0.5, 0.6) is 0 Å². The van der Waals surface area contributed by atoms with Crippen LogP contribution >= 0.6 is 11.6 Å². The summed E-state index contributed by atoms with van der Waals surface area (Å²) in [5.41, 5.74) is 2.48. The molecule has 4 nitrogen and oxygen atoms in total. The summed E-state index contributed by atoms with van der Waals surface area (Å²) < 4.78 is 22.6. The molecular weight excluding hydrogens is 298 g/mol. The van der Waals surface area contributed by atoms with Crippen LogP contribution in [0, 0.1) is 0 Å². The topological polar surface area (TPSA) is 54.5 Å². The molecule has 1 aromatic carbocycles. The summed E-state index contributed by atoms with van der Waals surface area (Å²) in [5.74, 6) is 0.0330. The maximum Gasteiger partial charge on any atom is 0.231 e. The molecule has 1 aliphatic heterocycles. The summed E-state index contributed by atoms with van der Waals surface area (Å²) >= 11 is 6.38. The van der Waals surface area contributed by atoms with Gasteiger partial charge in [-0.1, -0.05) is 12.1 Å². The summed E-state index contributed by atoms with van der Waals surface area (Å²) in [6, 6.07) is 5.45. The van der Waals surface area contributed by atoms with Crippen molar-refractivity contribution in [3.05, 3.63) is 29.3 Å². The van der Waals surface area contributed by atoms with Crippen molar-refractivity contribution in [1.29, 1.82) is 0 Å². The number of hydrogen-bond donors (Lipinski definition) is 0. The van der Waals surface area contributed by atoms with Crippen LogP contribution in [0.3, 0.4) is 0 Å². The number of likely N-dealkylation sites (N-methyl/N-ethyl adjacent to an activating group) is 1. The van der Waals surface area contributed by atoms with E-state index in [1.807, 2.05) is 12.1 Å². The maximum absolute atomic E-state index is 11.9. The van der Waals surface area contributed by atoms with E-state index >= 15 is 0 Å². The van der Waals surface area contributed by atoms with E-state index < -0.39 is 20.0 Å². The predicted molar refractivity (Wildman–Crippen MR) is 81.1 cm³/mol. The Labute approximate surface area is 124 Å². The van der Waals surface area contributed by atoms with Gasteiger partial charge >= 0.3 is 0 Å². The lowest BCUT2D eigenvalue weighted by Gasteiger charge is -2.28. The van der Waals surface area contributed by atoms with Gasteiger partial charge in [0.1, 0.15) is 0 Å². The molecule has 0 saturated carbocycles. The molecule has 0 aliphatic carbocycles. The summed E-state index contributed by atoms with van der Waals surface area (Å²) in [5, 5.41) is -0.663. The molecule has 1 aromatic rings. The van der Waals surface area contributed by atoms with Crippen molar-refractivity contribution in [2.45, 2.75) is 30.4 Å². The van der Waals surface area contributed by atoms with Crippen LogP contribution in [0.4, 0.5) is 5.69 Å². The van der Waals surface area contributed by atoms with Crippen LogP contribution in [0.25, 0.3) is 0 Å². The maximum atomic E-state index is 11.9. The Morgan fingerprint density at radius 2 is 1.95 bits per heavy atom. The van der Waals surface area contributed by atoms with Crippen molar-refractivity contribution in [2.24, 2.45) is 0 Å². The number of sulfone groups is 1. The quantitative estimate of drug-likeness (QED) is 0.804. The predicted octanol–water partition coefficient (Wildman–Crippen LogP) is 2.31. The van der Waals surface area contributed by atoms with Gasteiger partial charge < -0.3 is 4.90 Å². The van der Waals surface area contributed by atoms with Gasteiger partial charge in [-0.2, -0.15) is 0 Å². The van der Waals surface area contributed by atoms with E-state index in [9.17, 15) is 13.2 Å². The highest BCUT2D eigenvalue weighted by Crippen LogP contribution is 2.40. The van der Waals surface area contributed by atoms with Gasteiger partial charge in [-0.25, -0.2) is 8.42 Å². The minimum atomic E-state index is -3.29. The number of carbonyl (C=O) groups is 1. The number of nitrogens with zero attached hydrogens (tertiary/aromatic N) is 1. The van der Waals surface area contributed by atoms with Crippen molar-refractivity contribution < 1.29 is 13.2 Å². The van der Waals surface area contributed by atoms with E-state index in [0.717, 1.165) is 16.8 Å². The molecule has 2 rings (SSSR count). The second-order valence-electron chi connectivity index (χ2n) is 5.76. The lowest BCUT2D eigenvalue weighted by molar-refractivity contribution is -0.117. The molecule has 1 heterocycles. The Bertz CT molecular complexity index is 667. The van der Waals surface area contributed by atoms with Gasteiger partial charge in [0.2, 0.25) is 5.91 Å². The first-order valence-electron chi connectivity index (χ1n) is 6.28. The minimum Gasteiger partial charge on any atom is -0.315 e. The normalized spacial score (nSPS) is 17.2. The Morgan fingerprint density at radius 1 is 1.35 bits per heavy atom. The molecule has 6 heteroatoms. The zero-order valence-corrected chi connectivity index (χ0v) is 13.5. The Balaban J connectivity index is 2.42. The number of fused-ring (bicyclic) bond motifs is 1. The Hall–Kier alpha value is -1.07. The first kappa shape index (κ1) is 15.3. The number of carbonyl (C=O) groups excluding carboxylic acids is 1. The van der Waals surface area contributed by atoms with Crippen LogP contribution in [0.1, 0.15) is 30.4 Å². The fraction of sp³-hybridized carbons (Fsp3) is 0.500. The van der Waals surface area contributed by atoms with Gasteiger partial charge in [0.05, 0.1) is 16.5 Å². The van der Waals surface area contributed by atoms with Gasteiger partial charge in [-0.05, 0) is 31.0 Å². The summed E-state index contributed by atoms with van der Waals surface area (Å²) in [7, 11) is -1.57. The standard InChI is InChI=1S/C14H18ClNO3S/c1-14(2,20(4,18)19)13(15)9-5-6-11-10(7-9)8-12(17)16(11)3/h5-7,13H,8H2,1-4H3. The van der Waals surface area contributed by atoms with Crippen LogP contribution < -0.4 is 4.90 Å². The van der Waals surface area contributed by atoms with Crippen LogP contribution in [0.2, 0.25) is 0 Å². The molecule has 110 valence electrons. The third kappa shape index (κ3) is 2.33. The minimum absolute atomic E-state index is 0.0330. The molecule has 0 fully saturated rings. The van der Waals surface area contributed by atoms with E-state index in [-0.39, 0.29) is 5.91 Å². The third-order valence-electron chi connectivity index (χ3n) is 4.04. The summed E-state index contributed by atoms with van der Waals surface area (Å²) in [6.07, 6.45) is 1.52. The molecule has 0 spiro atoms. The van der Waals surface area contributed by atoms with Gasteiger partial charge in [-0.3, -0.25) is 4.79 Å². The molecular formula is C14H18ClNO3S. The number of anilines is 1. The zero-order chi connectivity index (χ0) is 15.3. The first-order chi connectivity index (χ1) is 9.05. The monoisotopic (exact) mass is 315 g/mol. The van der Waals surface area contributed by atoms with Gasteiger partial charge in [0.15, 0.2) is 9.84 Å². The molecule has 0 aromatic heterocycles. The summed E-state index contributed by atoms with van der Waals surface area (Å²) in [4.78, 5) is 13.3. The van der Waals surface area contributed by atoms with Gasteiger partial charge in [-0.15, -0.1) is 11.6 Å². The van der Waals surface area contributed by atoms with Crippen molar-refractivity contribution in [3.63, 3.8) is 0 Å². The van der Waals surface area contributed by atoms with E-state index in [1.54, 1.807) is 31.9 Å². The second-order valence-corrected chi connectivity index (χ2v) is 8.79. The average molecular weight is 316 g/mol. The molecule has 20 heavy (non-hydrogen) atoms. The molecule has 0 bridgehead atoms. The van der Waals surface area contributed by atoms with E-state index in [1.165, 1.54) is 6.26 Å². The molecule has 1 amide bonds. The number of rotatable bonds is 3. The highest BCUT2D eigenvalue weighted by Gasteiger charge is 2.39. The number of alkyl halides is 1. The highest BCUT2D eigenvalue weighted by molar-refractivity contribution is 7.92. The largest absolute Gasteiger partial charge is 0.315 e. The fourth-order valence-electron chi connectivity index (χ4n) is 2.24. The van der Waals surface area contributed by atoms with Crippen molar-refractivity contribution in [2.75, 3.05) is 18.2 Å². The average Bonchev–Trinajstić information content (AvgIpc) is 2.62. The van der Waals surface area contributed by atoms with Crippen LogP contribution in [0.15, 0.2) is 18.2 Å². The summed E-state index contributed by atoms with van der Waals surface area (Å²) in [6.45, 7) is 3.23. The van der Waals surface area contributed by atoms with Crippen molar-refractivity contribution in [3.8, 4) is 0 Å². The van der Waals surface area contributed by atoms with Crippen molar-refractivity contribution in [1.82, 2.24) is 0 Å². The molecule has 0 radical (unpaired) electrons. The van der Waals surface area contributed by atoms with E-state index in [0.29, 0.717) is 6.42 Å². The number of hydrogen-bond acceptors (Lipinski definition) is 3. The van der Waals surface area contributed by atoms with Crippen LogP contribution in [-0.2, 0) is 21.1 Å². The van der Waals surface area contributed by atoms with Gasteiger partial charge in [0.25, 0.3) is 0 Å². The molecule has 1 unspecified atom stereocenters.